The normalized spacial score (nSPS) is 10.3. The zero-order chi connectivity index (χ0) is 15.0. The van der Waals surface area contributed by atoms with Crippen LogP contribution in [0.3, 0.4) is 0 Å². The molecule has 0 N–H and O–H groups in total. The molecule has 0 saturated heterocycles. The molecule has 7 heteroatoms. The van der Waals surface area contributed by atoms with Gasteiger partial charge in [-0.25, -0.2) is 9.83 Å². The first kappa shape index (κ1) is 13.7. The van der Waals surface area contributed by atoms with E-state index >= 15 is 0 Å². The van der Waals surface area contributed by atoms with Crippen LogP contribution in [0.1, 0.15) is 22.5 Å². The van der Waals surface area contributed by atoms with E-state index in [9.17, 15) is 10.1 Å². The molecule has 0 aliphatic carbocycles. The number of aromatic nitrogens is 3. The summed E-state index contributed by atoms with van der Waals surface area (Å²) in [5.41, 5.74) is 2.75. The summed E-state index contributed by atoms with van der Waals surface area (Å²) in [5, 5.41) is 15.4. The van der Waals surface area contributed by atoms with Gasteiger partial charge in [0.2, 0.25) is 11.5 Å². The first-order valence-electron chi connectivity index (χ1n) is 5.93. The predicted octanol–water partition coefficient (Wildman–Crippen LogP) is 2.96. The fourth-order valence-electron chi connectivity index (χ4n) is 1.96. The highest BCUT2D eigenvalue weighted by atomic mass is 16.6. The SMILES string of the molecule is [C-]#[N+]c1cc(C)c(-n2nc(C)c(C)c2[N+](=O)[O-])nc1C. The second-order valence-electron chi connectivity index (χ2n) is 4.55. The van der Waals surface area contributed by atoms with Crippen molar-refractivity contribution in [1.29, 1.82) is 0 Å². The molecule has 2 rings (SSSR count). The molecule has 2 aromatic rings. The van der Waals surface area contributed by atoms with E-state index < -0.39 is 4.92 Å². The smallest absolute Gasteiger partial charge is 0.354 e. The van der Waals surface area contributed by atoms with E-state index in [2.05, 4.69) is 14.9 Å². The number of rotatable bonds is 2. The maximum Gasteiger partial charge on any atom is 0.354 e. The fraction of sp³-hybridized carbons (Fsp3) is 0.308. The van der Waals surface area contributed by atoms with Gasteiger partial charge < -0.3 is 10.1 Å². The molecule has 0 aromatic carbocycles. The summed E-state index contributed by atoms with van der Waals surface area (Å²) in [5.74, 6) is 0.297. The van der Waals surface area contributed by atoms with E-state index in [0.29, 0.717) is 34.0 Å². The molecule has 2 aromatic heterocycles. The van der Waals surface area contributed by atoms with Crippen LogP contribution in [0.15, 0.2) is 6.07 Å². The second-order valence-corrected chi connectivity index (χ2v) is 4.55. The van der Waals surface area contributed by atoms with Crippen molar-refractivity contribution in [2.24, 2.45) is 0 Å². The van der Waals surface area contributed by atoms with Crippen molar-refractivity contribution in [3.8, 4) is 5.82 Å². The van der Waals surface area contributed by atoms with Crippen LogP contribution in [0.25, 0.3) is 10.7 Å². The molecule has 0 aliphatic rings. The summed E-state index contributed by atoms with van der Waals surface area (Å²) in [7, 11) is 0. The van der Waals surface area contributed by atoms with Crippen molar-refractivity contribution in [2.45, 2.75) is 27.7 Å². The van der Waals surface area contributed by atoms with Gasteiger partial charge >= 0.3 is 5.82 Å². The number of hydrogen-bond donors (Lipinski definition) is 0. The Balaban J connectivity index is 2.76. The molecule has 0 amide bonds. The third kappa shape index (κ3) is 2.01. The van der Waals surface area contributed by atoms with Crippen LogP contribution in [0.4, 0.5) is 11.5 Å². The average molecular weight is 271 g/mol. The van der Waals surface area contributed by atoms with Crippen molar-refractivity contribution >= 4 is 11.5 Å². The number of pyridine rings is 1. The predicted molar refractivity (Wildman–Crippen MR) is 73.2 cm³/mol. The zero-order valence-electron chi connectivity index (χ0n) is 11.6. The van der Waals surface area contributed by atoms with Gasteiger partial charge in [0.1, 0.15) is 0 Å². The van der Waals surface area contributed by atoms with Crippen LogP contribution in [0.5, 0.6) is 0 Å². The van der Waals surface area contributed by atoms with Gasteiger partial charge in [-0.1, -0.05) is 9.78 Å². The molecule has 0 radical (unpaired) electrons. The minimum Gasteiger partial charge on any atom is -0.358 e. The molecule has 0 fully saturated rings. The van der Waals surface area contributed by atoms with Crippen LogP contribution < -0.4 is 0 Å². The third-order valence-electron chi connectivity index (χ3n) is 3.17. The third-order valence-corrected chi connectivity index (χ3v) is 3.17. The largest absolute Gasteiger partial charge is 0.358 e. The van der Waals surface area contributed by atoms with Gasteiger partial charge in [-0.2, -0.15) is 0 Å². The van der Waals surface area contributed by atoms with E-state index in [1.807, 2.05) is 0 Å². The molecule has 0 spiro atoms. The quantitative estimate of drug-likeness (QED) is 0.478. The van der Waals surface area contributed by atoms with Crippen LogP contribution in [-0.4, -0.2) is 19.7 Å². The molecular weight excluding hydrogens is 258 g/mol. The molecule has 0 unspecified atom stereocenters. The summed E-state index contributed by atoms with van der Waals surface area (Å²) in [4.78, 5) is 18.4. The number of hydrogen-bond acceptors (Lipinski definition) is 4. The molecule has 2 heterocycles. The van der Waals surface area contributed by atoms with E-state index in [1.165, 1.54) is 4.68 Å². The Morgan fingerprint density at radius 2 is 1.95 bits per heavy atom. The van der Waals surface area contributed by atoms with Gasteiger partial charge in [-0.05, 0) is 38.7 Å². The van der Waals surface area contributed by atoms with Crippen LogP contribution in [0.2, 0.25) is 0 Å². The van der Waals surface area contributed by atoms with Gasteiger partial charge in [-0.15, -0.1) is 0 Å². The van der Waals surface area contributed by atoms with E-state index in [1.54, 1.807) is 33.8 Å². The highest BCUT2D eigenvalue weighted by molar-refractivity contribution is 5.55. The van der Waals surface area contributed by atoms with E-state index in [4.69, 9.17) is 6.57 Å². The Hall–Kier alpha value is -2.75. The van der Waals surface area contributed by atoms with E-state index in [-0.39, 0.29) is 5.82 Å². The Morgan fingerprint density at radius 3 is 2.50 bits per heavy atom. The Bertz CT molecular complexity index is 755. The molecule has 0 aliphatic heterocycles. The lowest BCUT2D eigenvalue weighted by Gasteiger charge is -2.05. The molecule has 102 valence electrons. The summed E-state index contributed by atoms with van der Waals surface area (Å²) in [6, 6.07) is 1.67. The van der Waals surface area contributed by atoms with Crippen LogP contribution >= 0.6 is 0 Å². The fourth-order valence-corrected chi connectivity index (χ4v) is 1.96. The van der Waals surface area contributed by atoms with Crippen molar-refractivity contribution in [3.05, 3.63) is 50.1 Å². The van der Waals surface area contributed by atoms with Gasteiger partial charge in [-0.3, -0.25) is 0 Å². The molecule has 0 saturated carbocycles. The molecule has 7 nitrogen and oxygen atoms in total. The zero-order valence-corrected chi connectivity index (χ0v) is 11.6. The summed E-state index contributed by atoms with van der Waals surface area (Å²) in [6.07, 6.45) is 0. The highest BCUT2D eigenvalue weighted by Crippen LogP contribution is 2.28. The Kier molecular flexibility index (Phi) is 3.24. The molecule has 20 heavy (non-hydrogen) atoms. The topological polar surface area (TPSA) is 78.2 Å². The second kappa shape index (κ2) is 4.74. The Labute approximate surface area is 115 Å². The van der Waals surface area contributed by atoms with Crippen molar-refractivity contribution in [2.75, 3.05) is 0 Å². The summed E-state index contributed by atoms with van der Waals surface area (Å²) in [6.45, 7) is 13.9. The average Bonchev–Trinajstić information content (AvgIpc) is 2.68. The highest BCUT2D eigenvalue weighted by Gasteiger charge is 2.26. The van der Waals surface area contributed by atoms with Crippen LogP contribution in [-0.2, 0) is 0 Å². The lowest BCUT2D eigenvalue weighted by molar-refractivity contribution is -0.392. The van der Waals surface area contributed by atoms with Crippen LogP contribution in [0, 0.1) is 44.4 Å². The van der Waals surface area contributed by atoms with E-state index in [0.717, 1.165) is 0 Å². The number of aryl methyl sites for hydroxylation is 3. The van der Waals surface area contributed by atoms with Crippen molar-refractivity contribution < 1.29 is 4.92 Å². The summed E-state index contributed by atoms with van der Waals surface area (Å²) < 4.78 is 1.24. The number of nitro groups is 1. The molecular formula is C13H13N5O2. The maximum absolute atomic E-state index is 11.2. The van der Waals surface area contributed by atoms with Gasteiger partial charge in [0.05, 0.1) is 17.8 Å². The minimum atomic E-state index is -0.464. The summed E-state index contributed by atoms with van der Waals surface area (Å²) >= 11 is 0. The number of nitrogens with zero attached hydrogens (tertiary/aromatic N) is 5. The first-order chi connectivity index (χ1) is 9.36. The Morgan fingerprint density at radius 1 is 1.30 bits per heavy atom. The lowest BCUT2D eigenvalue weighted by Crippen LogP contribution is -2.07. The standard InChI is InChI=1S/C13H13N5O2/c1-7-6-11(14-5)10(4)15-12(7)17-13(18(19)20)8(2)9(3)16-17/h6H,1-4H3. The van der Waals surface area contributed by atoms with Gasteiger partial charge in [0.25, 0.3) is 0 Å². The van der Waals surface area contributed by atoms with Crippen molar-refractivity contribution in [3.63, 3.8) is 0 Å². The maximum atomic E-state index is 11.2. The van der Waals surface area contributed by atoms with Crippen molar-refractivity contribution in [1.82, 2.24) is 14.8 Å². The molecule has 0 atom stereocenters. The lowest BCUT2D eigenvalue weighted by atomic mass is 10.2. The minimum absolute atomic E-state index is 0.0898. The monoisotopic (exact) mass is 271 g/mol. The van der Waals surface area contributed by atoms with Gasteiger partial charge in [0.15, 0.2) is 0 Å². The van der Waals surface area contributed by atoms with Gasteiger partial charge in [0, 0.05) is 11.3 Å². The molecule has 0 bridgehead atoms. The first-order valence-corrected chi connectivity index (χ1v) is 5.93.